The van der Waals surface area contributed by atoms with Crippen molar-refractivity contribution >= 4 is 21.5 Å². The van der Waals surface area contributed by atoms with Crippen LogP contribution in [-0.2, 0) is 19.5 Å². The lowest BCUT2D eigenvalue weighted by Crippen LogP contribution is -2.36. The molecule has 3 rings (SSSR count). The minimum Gasteiger partial charge on any atom is -0.382 e. The van der Waals surface area contributed by atoms with E-state index in [4.69, 9.17) is 4.84 Å². The number of sulfone groups is 1. The standard InChI is InChI=1S/C19H17F3N2O4S/c1-10(11-3-6-18(15(22)7-11)29(2,26)27)23-19(25)17-9-16(24-28-17)13-8-12(20)4-5-14(13)21/h3-8,10,17H,9H2,1-2H3,(H,23,25)/t10-,17-/m1/s1. The van der Waals surface area contributed by atoms with Gasteiger partial charge in [0, 0.05) is 18.2 Å². The number of rotatable bonds is 5. The molecule has 10 heteroatoms. The lowest BCUT2D eigenvalue weighted by atomic mass is 10.0. The van der Waals surface area contributed by atoms with Crippen molar-refractivity contribution < 1.29 is 31.2 Å². The number of nitrogens with one attached hydrogen (secondary N) is 1. The van der Waals surface area contributed by atoms with Crippen LogP contribution in [0.3, 0.4) is 0 Å². The van der Waals surface area contributed by atoms with Gasteiger partial charge in [0.1, 0.15) is 22.3 Å². The van der Waals surface area contributed by atoms with Crippen molar-refractivity contribution in [1.29, 1.82) is 0 Å². The van der Waals surface area contributed by atoms with Gasteiger partial charge in [-0.25, -0.2) is 21.6 Å². The highest BCUT2D eigenvalue weighted by atomic mass is 32.2. The predicted molar refractivity (Wildman–Crippen MR) is 98.5 cm³/mol. The van der Waals surface area contributed by atoms with Gasteiger partial charge in [0.15, 0.2) is 9.84 Å². The monoisotopic (exact) mass is 426 g/mol. The zero-order chi connectivity index (χ0) is 21.3. The van der Waals surface area contributed by atoms with E-state index in [0.29, 0.717) is 5.56 Å². The molecule has 0 aromatic heterocycles. The van der Waals surface area contributed by atoms with Crippen LogP contribution in [0.5, 0.6) is 0 Å². The lowest BCUT2D eigenvalue weighted by Gasteiger charge is -2.17. The van der Waals surface area contributed by atoms with E-state index in [1.165, 1.54) is 6.07 Å². The van der Waals surface area contributed by atoms with Crippen LogP contribution in [0.1, 0.15) is 30.5 Å². The molecule has 1 amide bonds. The zero-order valence-electron chi connectivity index (χ0n) is 15.4. The fourth-order valence-corrected chi connectivity index (χ4v) is 3.60. The quantitative estimate of drug-likeness (QED) is 0.797. The van der Waals surface area contributed by atoms with Gasteiger partial charge in [-0.15, -0.1) is 0 Å². The van der Waals surface area contributed by atoms with Crippen molar-refractivity contribution in [3.8, 4) is 0 Å². The minimum absolute atomic E-state index is 0.0691. The first-order valence-electron chi connectivity index (χ1n) is 8.54. The van der Waals surface area contributed by atoms with Gasteiger partial charge in [0.25, 0.3) is 5.91 Å². The van der Waals surface area contributed by atoms with Gasteiger partial charge in [0.2, 0.25) is 6.10 Å². The number of amides is 1. The van der Waals surface area contributed by atoms with Gasteiger partial charge in [-0.05, 0) is 42.8 Å². The normalized spacial score (nSPS) is 17.4. The Hall–Kier alpha value is -2.88. The molecule has 29 heavy (non-hydrogen) atoms. The third-order valence-electron chi connectivity index (χ3n) is 4.41. The molecule has 0 radical (unpaired) electrons. The molecule has 0 bridgehead atoms. The minimum atomic E-state index is -3.71. The predicted octanol–water partition coefficient (Wildman–Crippen LogP) is 2.88. The van der Waals surface area contributed by atoms with Crippen LogP contribution in [0.4, 0.5) is 13.2 Å². The summed E-state index contributed by atoms with van der Waals surface area (Å²) >= 11 is 0. The van der Waals surface area contributed by atoms with Crippen LogP contribution < -0.4 is 5.32 Å². The summed E-state index contributed by atoms with van der Waals surface area (Å²) in [6.45, 7) is 1.58. The summed E-state index contributed by atoms with van der Waals surface area (Å²) in [6, 6.07) is 5.77. The first kappa shape index (κ1) is 20.8. The Morgan fingerprint density at radius 2 is 1.90 bits per heavy atom. The SMILES string of the molecule is C[C@@H](NC(=O)[C@H]1CC(c2cc(F)ccc2F)=NO1)c1ccc(S(C)(=O)=O)c(F)c1. The summed E-state index contributed by atoms with van der Waals surface area (Å²) in [5.41, 5.74) is 0.351. The first-order valence-corrected chi connectivity index (χ1v) is 10.4. The molecule has 1 N–H and O–H groups in total. The molecule has 0 fully saturated rings. The van der Waals surface area contributed by atoms with E-state index in [1.54, 1.807) is 6.92 Å². The van der Waals surface area contributed by atoms with Gasteiger partial charge in [-0.1, -0.05) is 11.2 Å². The molecule has 1 aliphatic heterocycles. The Morgan fingerprint density at radius 3 is 2.55 bits per heavy atom. The van der Waals surface area contributed by atoms with Crippen molar-refractivity contribution in [2.75, 3.05) is 6.26 Å². The van der Waals surface area contributed by atoms with E-state index in [-0.39, 0.29) is 17.7 Å². The van der Waals surface area contributed by atoms with E-state index in [9.17, 15) is 26.4 Å². The highest BCUT2D eigenvalue weighted by molar-refractivity contribution is 7.90. The third-order valence-corrected chi connectivity index (χ3v) is 5.54. The molecule has 154 valence electrons. The van der Waals surface area contributed by atoms with Crippen molar-refractivity contribution in [3.63, 3.8) is 0 Å². The number of hydrogen-bond acceptors (Lipinski definition) is 5. The molecule has 0 aliphatic carbocycles. The van der Waals surface area contributed by atoms with E-state index in [2.05, 4.69) is 10.5 Å². The number of halogens is 3. The Kier molecular flexibility index (Phi) is 5.65. The van der Waals surface area contributed by atoms with Crippen LogP contribution in [0.25, 0.3) is 0 Å². The largest absolute Gasteiger partial charge is 0.382 e. The molecule has 2 atom stereocenters. The summed E-state index contributed by atoms with van der Waals surface area (Å²) < 4.78 is 64.2. The van der Waals surface area contributed by atoms with Gasteiger partial charge < -0.3 is 10.2 Å². The van der Waals surface area contributed by atoms with Crippen LogP contribution in [0.2, 0.25) is 0 Å². The fourth-order valence-electron chi connectivity index (χ4n) is 2.87. The molecule has 0 saturated heterocycles. The van der Waals surface area contributed by atoms with Crippen LogP contribution in [0.15, 0.2) is 46.4 Å². The Morgan fingerprint density at radius 1 is 1.17 bits per heavy atom. The smallest absolute Gasteiger partial charge is 0.264 e. The Bertz CT molecular complexity index is 1100. The number of benzene rings is 2. The van der Waals surface area contributed by atoms with Crippen molar-refractivity contribution in [3.05, 3.63) is 65.0 Å². The molecule has 1 heterocycles. The highest BCUT2D eigenvalue weighted by Gasteiger charge is 2.31. The van der Waals surface area contributed by atoms with Crippen LogP contribution >= 0.6 is 0 Å². The summed E-state index contributed by atoms with van der Waals surface area (Å²) in [5, 5.41) is 6.27. The number of hydrogen-bond donors (Lipinski definition) is 1. The summed E-state index contributed by atoms with van der Waals surface area (Å²) in [4.78, 5) is 17.0. The van der Waals surface area contributed by atoms with Crippen LogP contribution in [0, 0.1) is 17.5 Å². The van der Waals surface area contributed by atoms with Gasteiger partial charge in [-0.2, -0.15) is 0 Å². The van der Waals surface area contributed by atoms with Gasteiger partial charge >= 0.3 is 0 Å². The first-order chi connectivity index (χ1) is 13.6. The van der Waals surface area contributed by atoms with Crippen molar-refractivity contribution in [2.24, 2.45) is 5.16 Å². The number of nitrogens with zero attached hydrogens (tertiary/aromatic N) is 1. The second-order valence-electron chi connectivity index (χ2n) is 6.65. The molecule has 0 spiro atoms. The fraction of sp³-hybridized carbons (Fsp3) is 0.263. The van der Waals surface area contributed by atoms with Crippen molar-refractivity contribution in [2.45, 2.75) is 30.4 Å². The Labute approximate surface area is 165 Å². The molecule has 2 aromatic rings. The molecular formula is C19H17F3N2O4S. The van der Waals surface area contributed by atoms with E-state index in [0.717, 1.165) is 36.6 Å². The molecule has 1 aliphatic rings. The number of oxime groups is 1. The molecular weight excluding hydrogens is 409 g/mol. The Balaban J connectivity index is 1.67. The van der Waals surface area contributed by atoms with Crippen molar-refractivity contribution in [1.82, 2.24) is 5.32 Å². The highest BCUT2D eigenvalue weighted by Crippen LogP contribution is 2.23. The number of carbonyl (C=O) groups is 1. The maximum atomic E-state index is 14.1. The average molecular weight is 426 g/mol. The lowest BCUT2D eigenvalue weighted by molar-refractivity contribution is -0.131. The second-order valence-corrected chi connectivity index (χ2v) is 8.64. The summed E-state index contributed by atoms with van der Waals surface area (Å²) in [5.74, 6) is -2.84. The second kappa shape index (κ2) is 7.86. The average Bonchev–Trinajstić information content (AvgIpc) is 3.12. The van der Waals surface area contributed by atoms with E-state index in [1.807, 2.05) is 0 Å². The molecule has 2 aromatic carbocycles. The molecule has 0 saturated carbocycles. The van der Waals surface area contributed by atoms with E-state index >= 15 is 0 Å². The molecule has 6 nitrogen and oxygen atoms in total. The van der Waals surface area contributed by atoms with Gasteiger partial charge in [0.05, 0.1) is 11.8 Å². The maximum absolute atomic E-state index is 14.1. The molecule has 0 unspecified atom stereocenters. The van der Waals surface area contributed by atoms with Gasteiger partial charge in [-0.3, -0.25) is 4.79 Å². The number of carbonyl (C=O) groups excluding carboxylic acids is 1. The summed E-state index contributed by atoms with van der Waals surface area (Å²) in [7, 11) is -3.71. The zero-order valence-corrected chi connectivity index (χ0v) is 16.3. The summed E-state index contributed by atoms with van der Waals surface area (Å²) in [6.07, 6.45) is -0.234. The van der Waals surface area contributed by atoms with Crippen LogP contribution in [-0.4, -0.2) is 32.4 Å². The van der Waals surface area contributed by atoms with E-state index < -0.39 is 50.2 Å². The third kappa shape index (κ3) is 4.58. The maximum Gasteiger partial charge on any atom is 0.264 e. The topological polar surface area (TPSA) is 84.8 Å².